The largest absolute Gasteiger partial charge is 0.350 e. The number of halogens is 1. The summed E-state index contributed by atoms with van der Waals surface area (Å²) in [6, 6.07) is 6.59. The Balaban J connectivity index is 2.34. The van der Waals surface area contributed by atoms with E-state index in [0.29, 0.717) is 0 Å². The Labute approximate surface area is 97.6 Å². The number of benzene rings is 1. The van der Waals surface area contributed by atoms with Gasteiger partial charge in [-0.15, -0.1) is 0 Å². The maximum atomic E-state index is 13.3. The molecule has 1 aromatic carbocycles. The van der Waals surface area contributed by atoms with Crippen LogP contribution in [0.15, 0.2) is 43.0 Å². The monoisotopic (exact) mass is 227 g/mol. The van der Waals surface area contributed by atoms with E-state index in [4.69, 9.17) is 0 Å². The maximum Gasteiger partial charge on any atom is 0.123 e. The van der Waals surface area contributed by atoms with E-state index in [1.165, 1.54) is 18.5 Å². The molecule has 0 bridgehead atoms. The number of rotatable bonds is 1. The van der Waals surface area contributed by atoms with Crippen molar-refractivity contribution in [1.29, 1.82) is 0 Å². The average Bonchev–Trinajstić information content (AvgIpc) is 2.67. The van der Waals surface area contributed by atoms with Gasteiger partial charge in [-0.05, 0) is 24.3 Å². The van der Waals surface area contributed by atoms with Gasteiger partial charge in [-0.25, -0.2) is 14.4 Å². The highest BCUT2D eigenvalue weighted by molar-refractivity contribution is 5.95. The molecule has 0 saturated carbocycles. The summed E-state index contributed by atoms with van der Waals surface area (Å²) in [5, 5.41) is 0.867. The molecule has 0 radical (unpaired) electrons. The van der Waals surface area contributed by atoms with Crippen LogP contribution in [-0.2, 0) is 7.05 Å². The summed E-state index contributed by atoms with van der Waals surface area (Å²) in [6.07, 6.45) is 5.13. The normalized spacial score (nSPS) is 10.9. The molecule has 0 unspecified atom stereocenters. The summed E-state index contributed by atoms with van der Waals surface area (Å²) in [5.41, 5.74) is 2.71. The van der Waals surface area contributed by atoms with Crippen LogP contribution in [0.5, 0.6) is 0 Å². The third-order valence-electron chi connectivity index (χ3n) is 2.81. The highest BCUT2D eigenvalue weighted by Gasteiger charge is 2.09. The Hall–Kier alpha value is -2.23. The summed E-state index contributed by atoms with van der Waals surface area (Å²) in [7, 11) is 1.94. The van der Waals surface area contributed by atoms with E-state index in [1.807, 2.05) is 23.9 Å². The van der Waals surface area contributed by atoms with Gasteiger partial charge in [-0.1, -0.05) is 0 Å². The molecule has 2 aromatic heterocycles. The van der Waals surface area contributed by atoms with Crippen LogP contribution in [0, 0.1) is 5.82 Å². The van der Waals surface area contributed by atoms with Crippen molar-refractivity contribution in [2.45, 2.75) is 0 Å². The van der Waals surface area contributed by atoms with Crippen LogP contribution in [0.1, 0.15) is 0 Å². The van der Waals surface area contributed by atoms with Crippen LogP contribution < -0.4 is 0 Å². The van der Waals surface area contributed by atoms with E-state index < -0.39 is 0 Å². The summed E-state index contributed by atoms with van der Waals surface area (Å²) in [4.78, 5) is 8.08. The van der Waals surface area contributed by atoms with Crippen molar-refractivity contribution in [3.63, 3.8) is 0 Å². The number of hydrogen-bond acceptors (Lipinski definition) is 2. The van der Waals surface area contributed by atoms with Crippen molar-refractivity contribution in [3.8, 4) is 11.3 Å². The second-order valence-electron chi connectivity index (χ2n) is 3.91. The van der Waals surface area contributed by atoms with Crippen molar-refractivity contribution in [3.05, 3.63) is 48.8 Å². The molecule has 17 heavy (non-hydrogen) atoms. The Morgan fingerprint density at radius 3 is 2.88 bits per heavy atom. The fourth-order valence-corrected chi connectivity index (χ4v) is 2.02. The van der Waals surface area contributed by atoms with Crippen molar-refractivity contribution < 1.29 is 4.39 Å². The van der Waals surface area contributed by atoms with E-state index in [2.05, 4.69) is 9.97 Å². The van der Waals surface area contributed by atoms with Gasteiger partial charge in [0.15, 0.2) is 0 Å². The van der Waals surface area contributed by atoms with Crippen LogP contribution in [-0.4, -0.2) is 14.5 Å². The molecule has 0 N–H and O–H groups in total. The standard InChI is InChI=1S/C13H10FN3/c1-17-7-11(12-4-5-15-8-16-12)10-6-9(14)2-3-13(10)17/h2-8H,1H3. The topological polar surface area (TPSA) is 30.7 Å². The van der Waals surface area contributed by atoms with Crippen molar-refractivity contribution in [1.82, 2.24) is 14.5 Å². The van der Waals surface area contributed by atoms with Gasteiger partial charge in [0.25, 0.3) is 0 Å². The van der Waals surface area contributed by atoms with E-state index in [0.717, 1.165) is 22.2 Å². The Morgan fingerprint density at radius 2 is 2.12 bits per heavy atom. The van der Waals surface area contributed by atoms with Gasteiger partial charge in [0.1, 0.15) is 12.1 Å². The molecule has 0 aliphatic heterocycles. The van der Waals surface area contributed by atoms with Crippen molar-refractivity contribution in [2.75, 3.05) is 0 Å². The molecule has 0 fully saturated rings. The predicted octanol–water partition coefficient (Wildman–Crippen LogP) is 2.77. The first kappa shape index (κ1) is 9.96. The Morgan fingerprint density at radius 1 is 1.24 bits per heavy atom. The second kappa shape index (κ2) is 3.66. The molecule has 0 aliphatic rings. The molecule has 3 rings (SSSR count). The lowest BCUT2D eigenvalue weighted by atomic mass is 10.1. The van der Waals surface area contributed by atoms with Gasteiger partial charge in [-0.3, -0.25) is 0 Å². The maximum absolute atomic E-state index is 13.3. The van der Waals surface area contributed by atoms with Crippen LogP contribution in [0.2, 0.25) is 0 Å². The fraction of sp³-hybridized carbons (Fsp3) is 0.0769. The van der Waals surface area contributed by atoms with Gasteiger partial charge >= 0.3 is 0 Å². The SMILES string of the molecule is Cn1cc(-c2ccncn2)c2cc(F)ccc21. The molecule has 84 valence electrons. The highest BCUT2D eigenvalue weighted by Crippen LogP contribution is 2.28. The molecular formula is C13H10FN3. The van der Waals surface area contributed by atoms with Crippen LogP contribution >= 0.6 is 0 Å². The first-order chi connectivity index (χ1) is 8.25. The molecule has 0 atom stereocenters. The quantitative estimate of drug-likeness (QED) is 0.640. The minimum absolute atomic E-state index is 0.237. The van der Waals surface area contributed by atoms with Gasteiger partial charge in [-0.2, -0.15) is 0 Å². The number of hydrogen-bond donors (Lipinski definition) is 0. The first-order valence-electron chi connectivity index (χ1n) is 5.26. The summed E-state index contributed by atoms with van der Waals surface area (Å²) >= 11 is 0. The van der Waals surface area contributed by atoms with Crippen LogP contribution in [0.3, 0.4) is 0 Å². The fourth-order valence-electron chi connectivity index (χ4n) is 2.02. The zero-order valence-electron chi connectivity index (χ0n) is 9.26. The first-order valence-corrected chi connectivity index (χ1v) is 5.26. The summed E-state index contributed by atoms with van der Waals surface area (Å²) in [6.45, 7) is 0. The summed E-state index contributed by atoms with van der Waals surface area (Å²) in [5.74, 6) is -0.237. The van der Waals surface area contributed by atoms with E-state index in [-0.39, 0.29) is 5.82 Å². The third-order valence-corrected chi connectivity index (χ3v) is 2.81. The zero-order valence-corrected chi connectivity index (χ0v) is 9.26. The van der Waals surface area contributed by atoms with Crippen molar-refractivity contribution >= 4 is 10.9 Å². The van der Waals surface area contributed by atoms with Crippen LogP contribution in [0.25, 0.3) is 22.2 Å². The lowest BCUT2D eigenvalue weighted by Crippen LogP contribution is -1.83. The average molecular weight is 227 g/mol. The third kappa shape index (κ3) is 1.58. The van der Waals surface area contributed by atoms with E-state index >= 15 is 0 Å². The lowest BCUT2D eigenvalue weighted by molar-refractivity contribution is 0.629. The number of aromatic nitrogens is 3. The molecule has 0 saturated heterocycles. The molecule has 3 aromatic rings. The molecule has 2 heterocycles. The lowest BCUT2D eigenvalue weighted by Gasteiger charge is -1.97. The predicted molar refractivity (Wildman–Crippen MR) is 63.9 cm³/mol. The molecule has 4 heteroatoms. The van der Waals surface area contributed by atoms with Gasteiger partial charge in [0, 0.05) is 35.9 Å². The van der Waals surface area contributed by atoms with E-state index in [9.17, 15) is 4.39 Å². The number of aryl methyl sites for hydroxylation is 1. The highest BCUT2D eigenvalue weighted by atomic mass is 19.1. The summed E-state index contributed by atoms with van der Waals surface area (Å²) < 4.78 is 15.3. The minimum Gasteiger partial charge on any atom is -0.350 e. The smallest absolute Gasteiger partial charge is 0.123 e. The molecule has 0 amide bonds. The molecule has 0 aliphatic carbocycles. The molecule has 0 spiro atoms. The second-order valence-corrected chi connectivity index (χ2v) is 3.91. The number of nitrogens with zero attached hydrogens (tertiary/aromatic N) is 3. The van der Waals surface area contributed by atoms with Gasteiger partial charge in [0.05, 0.1) is 5.69 Å². The zero-order chi connectivity index (χ0) is 11.8. The van der Waals surface area contributed by atoms with E-state index in [1.54, 1.807) is 12.3 Å². The molecule has 3 nitrogen and oxygen atoms in total. The van der Waals surface area contributed by atoms with Gasteiger partial charge < -0.3 is 4.57 Å². The van der Waals surface area contributed by atoms with Gasteiger partial charge in [0.2, 0.25) is 0 Å². The van der Waals surface area contributed by atoms with Crippen LogP contribution in [0.4, 0.5) is 4.39 Å². The molecular weight excluding hydrogens is 217 g/mol. The minimum atomic E-state index is -0.237. The Kier molecular flexibility index (Phi) is 2.14. The Bertz CT molecular complexity index is 674. The van der Waals surface area contributed by atoms with Crippen molar-refractivity contribution in [2.24, 2.45) is 7.05 Å². The number of fused-ring (bicyclic) bond motifs is 1.